The van der Waals surface area contributed by atoms with Crippen molar-refractivity contribution in [2.45, 2.75) is 6.92 Å². The van der Waals surface area contributed by atoms with Gasteiger partial charge in [-0.25, -0.2) is 4.21 Å². The summed E-state index contributed by atoms with van der Waals surface area (Å²) < 4.78 is 10.6. The summed E-state index contributed by atoms with van der Waals surface area (Å²) in [6.07, 6.45) is 1.89. The smallest absolute Gasteiger partial charge is 0.0987 e. The van der Waals surface area contributed by atoms with Gasteiger partial charge in [0.05, 0.1) is 15.5 Å². The summed E-state index contributed by atoms with van der Waals surface area (Å²) in [4.78, 5) is 0. The number of hydrogen-bond donors (Lipinski definition) is 0. The molecule has 0 radical (unpaired) electrons. The van der Waals surface area contributed by atoms with E-state index in [0.717, 1.165) is 4.20 Å². The van der Waals surface area contributed by atoms with Gasteiger partial charge in [0, 0.05) is 0 Å². The topological polar surface area (TPSA) is 17.1 Å². The monoisotopic (exact) mass is 122 g/mol. The van der Waals surface area contributed by atoms with Gasteiger partial charge in [-0.05, 0) is 13.2 Å². The molecular formula is C3H6OS2. The fraction of sp³-hybridized carbons (Fsp3) is 0.667. The SMILES string of the molecule is CSC(C)=S=O. The lowest BCUT2D eigenvalue weighted by atomic mass is 11.0. The van der Waals surface area contributed by atoms with Crippen molar-refractivity contribution in [2.75, 3.05) is 6.26 Å². The Morgan fingerprint density at radius 2 is 2.17 bits per heavy atom. The van der Waals surface area contributed by atoms with Crippen LogP contribution in [0.1, 0.15) is 6.92 Å². The molecule has 0 aromatic rings. The third kappa shape index (κ3) is 2.48. The molecule has 0 atom stereocenters. The van der Waals surface area contributed by atoms with Crippen molar-refractivity contribution in [3.8, 4) is 0 Å². The first kappa shape index (κ1) is 6.24. The highest BCUT2D eigenvalue weighted by atomic mass is 32.2. The van der Waals surface area contributed by atoms with Crippen LogP contribution in [-0.4, -0.2) is 14.7 Å². The highest BCUT2D eigenvalue weighted by Gasteiger charge is 1.76. The molecule has 0 heterocycles. The molecule has 0 amide bonds. The van der Waals surface area contributed by atoms with Gasteiger partial charge in [0.15, 0.2) is 0 Å². The summed E-state index contributed by atoms with van der Waals surface area (Å²) in [5.74, 6) is 0. The van der Waals surface area contributed by atoms with Gasteiger partial charge in [0.25, 0.3) is 0 Å². The van der Waals surface area contributed by atoms with E-state index in [4.69, 9.17) is 0 Å². The number of hydrogen-bond acceptors (Lipinski definition) is 2. The zero-order valence-corrected chi connectivity index (χ0v) is 5.36. The summed E-state index contributed by atoms with van der Waals surface area (Å²) in [6.45, 7) is 1.81. The Morgan fingerprint density at radius 1 is 1.67 bits per heavy atom. The summed E-state index contributed by atoms with van der Waals surface area (Å²) in [7, 11) is 0. The van der Waals surface area contributed by atoms with E-state index in [0.29, 0.717) is 11.3 Å². The maximum atomic E-state index is 9.72. The lowest BCUT2D eigenvalue weighted by molar-refractivity contribution is 0.701. The van der Waals surface area contributed by atoms with Crippen molar-refractivity contribution in [2.24, 2.45) is 0 Å². The molecule has 1 nitrogen and oxygen atoms in total. The van der Waals surface area contributed by atoms with Crippen molar-refractivity contribution < 1.29 is 4.21 Å². The van der Waals surface area contributed by atoms with Gasteiger partial charge in [0.2, 0.25) is 0 Å². The van der Waals surface area contributed by atoms with Crippen molar-refractivity contribution in [1.82, 2.24) is 0 Å². The molecular weight excluding hydrogens is 116 g/mol. The van der Waals surface area contributed by atoms with E-state index < -0.39 is 0 Å². The minimum absolute atomic E-state index is 0.554. The van der Waals surface area contributed by atoms with Gasteiger partial charge in [-0.15, -0.1) is 11.8 Å². The van der Waals surface area contributed by atoms with Crippen LogP contribution < -0.4 is 0 Å². The Kier molecular flexibility index (Phi) is 3.57. The molecule has 0 aromatic heterocycles. The molecule has 3 heteroatoms. The maximum absolute atomic E-state index is 9.72. The molecule has 0 N–H and O–H groups in total. The molecule has 0 aliphatic carbocycles. The van der Waals surface area contributed by atoms with Gasteiger partial charge in [-0.1, -0.05) is 0 Å². The molecule has 0 aliphatic rings. The van der Waals surface area contributed by atoms with Gasteiger partial charge in [-0.3, -0.25) is 0 Å². The summed E-state index contributed by atoms with van der Waals surface area (Å²) in [5.41, 5.74) is 0. The minimum Gasteiger partial charge on any atom is -0.212 e. The van der Waals surface area contributed by atoms with Crippen LogP contribution in [0.15, 0.2) is 0 Å². The van der Waals surface area contributed by atoms with Gasteiger partial charge < -0.3 is 0 Å². The van der Waals surface area contributed by atoms with Crippen LogP contribution in [0.3, 0.4) is 0 Å². The zero-order valence-electron chi connectivity index (χ0n) is 3.72. The molecule has 0 unspecified atom stereocenters. The lowest BCUT2D eigenvalue weighted by Crippen LogP contribution is -1.74. The summed E-state index contributed by atoms with van der Waals surface area (Å²) in [6, 6.07) is 0. The predicted molar refractivity (Wildman–Crippen MR) is 32.3 cm³/mol. The second-order valence-electron chi connectivity index (χ2n) is 0.779. The summed E-state index contributed by atoms with van der Waals surface area (Å²) in [5, 5.41) is 0. The summed E-state index contributed by atoms with van der Waals surface area (Å²) >= 11 is 2.05. The van der Waals surface area contributed by atoms with Crippen LogP contribution in [-0.2, 0) is 11.3 Å². The molecule has 0 fully saturated rings. The van der Waals surface area contributed by atoms with Gasteiger partial charge in [-0.2, -0.15) is 0 Å². The van der Waals surface area contributed by atoms with Crippen LogP contribution in [0.5, 0.6) is 0 Å². The van der Waals surface area contributed by atoms with Crippen LogP contribution in [0, 0.1) is 0 Å². The van der Waals surface area contributed by atoms with E-state index in [2.05, 4.69) is 0 Å². The first-order valence-electron chi connectivity index (χ1n) is 1.48. The Morgan fingerprint density at radius 3 is 2.17 bits per heavy atom. The zero-order chi connectivity index (χ0) is 4.99. The number of thioether (sulfide) groups is 1. The Labute approximate surface area is 45.2 Å². The fourth-order valence-corrected chi connectivity index (χ4v) is 0.306. The molecule has 0 aliphatic heterocycles. The van der Waals surface area contributed by atoms with Crippen LogP contribution in [0.25, 0.3) is 0 Å². The molecule has 0 spiro atoms. The van der Waals surface area contributed by atoms with Crippen molar-refractivity contribution in [1.29, 1.82) is 0 Å². The van der Waals surface area contributed by atoms with Crippen LogP contribution in [0.2, 0.25) is 0 Å². The normalized spacial score (nSPS) is 7.67. The lowest BCUT2D eigenvalue weighted by Gasteiger charge is -1.76. The molecule has 0 bridgehead atoms. The Bertz CT molecular complexity index is 82.8. The molecule has 6 heavy (non-hydrogen) atoms. The quantitative estimate of drug-likeness (QED) is 0.440. The van der Waals surface area contributed by atoms with Gasteiger partial charge in [0.1, 0.15) is 0 Å². The largest absolute Gasteiger partial charge is 0.212 e. The maximum Gasteiger partial charge on any atom is 0.0987 e. The van der Waals surface area contributed by atoms with E-state index in [9.17, 15) is 4.21 Å². The Balaban J connectivity index is 3.52. The molecule has 0 rings (SSSR count). The van der Waals surface area contributed by atoms with Crippen LogP contribution >= 0.6 is 11.8 Å². The molecule has 0 aromatic carbocycles. The van der Waals surface area contributed by atoms with Crippen molar-refractivity contribution >= 4 is 27.2 Å². The second kappa shape index (κ2) is 3.43. The third-order valence-electron chi connectivity index (χ3n) is 0.405. The third-order valence-corrected chi connectivity index (χ3v) is 1.92. The Hall–Kier alpha value is 0.240. The van der Waals surface area contributed by atoms with Crippen molar-refractivity contribution in [3.63, 3.8) is 0 Å². The van der Waals surface area contributed by atoms with E-state index >= 15 is 0 Å². The fourth-order valence-electron chi connectivity index (χ4n) is 0.0340. The first-order valence-corrected chi connectivity index (χ1v) is 3.45. The van der Waals surface area contributed by atoms with Crippen LogP contribution in [0.4, 0.5) is 0 Å². The van der Waals surface area contributed by atoms with E-state index in [1.165, 1.54) is 11.8 Å². The molecule has 0 saturated carbocycles. The van der Waals surface area contributed by atoms with E-state index in [1.54, 1.807) is 0 Å². The minimum atomic E-state index is 0.554. The van der Waals surface area contributed by atoms with Crippen molar-refractivity contribution in [3.05, 3.63) is 0 Å². The standard InChI is InChI=1S/C3H6OS2/c1-3(5-2)6-4/h1-2H3. The number of rotatable bonds is 0. The highest BCUT2D eigenvalue weighted by Crippen LogP contribution is 1.90. The molecule has 36 valence electrons. The van der Waals surface area contributed by atoms with E-state index in [-0.39, 0.29) is 0 Å². The predicted octanol–water partition coefficient (Wildman–Crippen LogP) is 0.712. The average Bonchev–Trinajstić information content (AvgIpc) is 1.65. The highest BCUT2D eigenvalue weighted by molar-refractivity contribution is 8.20. The molecule has 0 saturated heterocycles. The average molecular weight is 122 g/mol. The van der Waals surface area contributed by atoms with Gasteiger partial charge >= 0.3 is 0 Å². The first-order chi connectivity index (χ1) is 2.81. The second-order valence-corrected chi connectivity index (χ2v) is 2.84. The van der Waals surface area contributed by atoms with E-state index in [1.807, 2.05) is 13.2 Å².